The van der Waals surface area contributed by atoms with Gasteiger partial charge in [-0.05, 0) is 75.4 Å². The number of carbonyl (C=O) groups is 2. The van der Waals surface area contributed by atoms with Gasteiger partial charge in [0.15, 0.2) is 0 Å². The zero-order valence-electron chi connectivity index (χ0n) is 28.4. The van der Waals surface area contributed by atoms with E-state index in [0.29, 0.717) is 42.0 Å². The molecule has 1 aliphatic heterocycles. The van der Waals surface area contributed by atoms with Gasteiger partial charge in [0.2, 0.25) is 0 Å². The van der Waals surface area contributed by atoms with Gasteiger partial charge < -0.3 is 14.2 Å². The first-order valence-corrected chi connectivity index (χ1v) is 15.9. The predicted octanol–water partition coefficient (Wildman–Crippen LogP) is 7.78. The minimum absolute atomic E-state index is 0.0307. The zero-order chi connectivity index (χ0) is 35.6. The molecule has 48 heavy (non-hydrogen) atoms. The summed E-state index contributed by atoms with van der Waals surface area (Å²) in [5.41, 5.74) is 2.73. The van der Waals surface area contributed by atoms with E-state index in [9.17, 15) is 31.5 Å². The third kappa shape index (κ3) is 8.65. The molecular formula is C35H44F5N3O5. The molecule has 0 N–H and O–H groups in total. The molecule has 0 bridgehead atoms. The SMILES string of the molecule is COC(=O)c1ccc(C2CN(CC(F)F)CCN2Cc2c(OC)cc(C)c3c2ccn3C(=O)OC(C)(C)C)cc1CC[C@H](C)C(F)(F)F. The number of aromatic nitrogens is 1. The molecule has 1 saturated heterocycles. The number of benzene rings is 2. The third-order valence-electron chi connectivity index (χ3n) is 8.70. The summed E-state index contributed by atoms with van der Waals surface area (Å²) >= 11 is 0. The highest BCUT2D eigenvalue weighted by Gasteiger charge is 2.36. The smallest absolute Gasteiger partial charge is 0.419 e. The monoisotopic (exact) mass is 681 g/mol. The second-order valence-corrected chi connectivity index (χ2v) is 13.3. The Labute approximate surface area is 277 Å². The molecule has 8 nitrogen and oxygen atoms in total. The number of alkyl halides is 5. The molecule has 0 aliphatic carbocycles. The number of nitrogens with zero attached hydrogens (tertiary/aromatic N) is 3. The molecule has 0 saturated carbocycles. The number of rotatable bonds is 10. The Morgan fingerprint density at radius 3 is 2.35 bits per heavy atom. The molecule has 2 aromatic carbocycles. The Kier molecular flexibility index (Phi) is 11.5. The Hall–Kier alpha value is -3.71. The van der Waals surface area contributed by atoms with E-state index in [2.05, 4.69) is 4.90 Å². The van der Waals surface area contributed by atoms with Crippen molar-refractivity contribution in [3.8, 4) is 5.75 Å². The molecule has 0 radical (unpaired) electrons. The maximum Gasteiger partial charge on any atom is 0.419 e. The Bertz CT molecular complexity index is 1610. The fourth-order valence-electron chi connectivity index (χ4n) is 6.19. The van der Waals surface area contributed by atoms with Crippen LogP contribution in [-0.4, -0.2) is 85.0 Å². The summed E-state index contributed by atoms with van der Waals surface area (Å²) in [5.74, 6) is -1.68. The number of hydrogen-bond acceptors (Lipinski definition) is 7. The quantitative estimate of drug-likeness (QED) is 0.160. The lowest BCUT2D eigenvalue weighted by molar-refractivity contribution is -0.170. The van der Waals surface area contributed by atoms with E-state index in [4.69, 9.17) is 14.2 Å². The minimum atomic E-state index is -4.39. The van der Waals surface area contributed by atoms with E-state index < -0.39 is 48.8 Å². The van der Waals surface area contributed by atoms with E-state index in [1.165, 1.54) is 17.7 Å². The average Bonchev–Trinajstić information content (AvgIpc) is 3.46. The van der Waals surface area contributed by atoms with Gasteiger partial charge in [0.1, 0.15) is 11.4 Å². The van der Waals surface area contributed by atoms with E-state index in [0.717, 1.165) is 23.4 Å². The van der Waals surface area contributed by atoms with Crippen LogP contribution in [0.2, 0.25) is 0 Å². The van der Waals surface area contributed by atoms with Gasteiger partial charge in [-0.2, -0.15) is 13.2 Å². The number of piperazine rings is 1. The number of hydrogen-bond donors (Lipinski definition) is 0. The van der Waals surface area contributed by atoms with E-state index in [1.54, 1.807) is 51.1 Å². The van der Waals surface area contributed by atoms with Gasteiger partial charge in [-0.25, -0.2) is 18.4 Å². The number of ether oxygens (including phenoxy) is 3. The fraction of sp³-hybridized carbons (Fsp3) is 0.543. The molecule has 3 aromatic rings. The van der Waals surface area contributed by atoms with Crippen LogP contribution in [0.15, 0.2) is 36.5 Å². The van der Waals surface area contributed by atoms with Crippen molar-refractivity contribution in [1.29, 1.82) is 0 Å². The number of carbonyl (C=O) groups excluding carboxylic acids is 2. The van der Waals surface area contributed by atoms with Crippen molar-refractivity contribution in [1.82, 2.24) is 14.4 Å². The molecule has 264 valence electrons. The van der Waals surface area contributed by atoms with E-state index in [-0.39, 0.29) is 24.9 Å². The van der Waals surface area contributed by atoms with Crippen molar-refractivity contribution >= 4 is 23.0 Å². The van der Waals surface area contributed by atoms with Crippen LogP contribution in [0.4, 0.5) is 26.7 Å². The van der Waals surface area contributed by atoms with Crippen molar-refractivity contribution < 1.29 is 45.8 Å². The fourth-order valence-corrected chi connectivity index (χ4v) is 6.19. The van der Waals surface area contributed by atoms with Gasteiger partial charge in [-0.1, -0.05) is 19.1 Å². The maximum absolute atomic E-state index is 13.5. The van der Waals surface area contributed by atoms with Crippen LogP contribution in [0, 0.1) is 12.8 Å². The average molecular weight is 682 g/mol. The van der Waals surface area contributed by atoms with Crippen LogP contribution in [0.25, 0.3) is 10.9 Å². The van der Waals surface area contributed by atoms with Gasteiger partial charge in [0.25, 0.3) is 6.43 Å². The highest BCUT2D eigenvalue weighted by molar-refractivity contribution is 5.95. The Morgan fingerprint density at radius 1 is 1.04 bits per heavy atom. The van der Waals surface area contributed by atoms with Crippen molar-refractivity contribution in [3.05, 3.63) is 64.3 Å². The maximum atomic E-state index is 13.5. The zero-order valence-corrected chi connectivity index (χ0v) is 28.4. The summed E-state index contributed by atoms with van der Waals surface area (Å²) in [6.45, 7) is 9.15. The summed E-state index contributed by atoms with van der Waals surface area (Å²) < 4.78 is 85.0. The number of aryl methyl sites for hydroxylation is 2. The van der Waals surface area contributed by atoms with Crippen molar-refractivity contribution in [2.24, 2.45) is 5.92 Å². The lowest BCUT2D eigenvalue weighted by Gasteiger charge is -2.42. The standard InChI is InChI=1S/C35H44F5N3O5/c1-21-16-29(46-6)27(26-12-13-43(31(21)26)33(45)48-34(3,4)5)18-42-15-14-41(20-30(36)37)19-28(42)24-10-11-25(32(44)47-7)23(17-24)9-8-22(2)35(38,39)40/h10-13,16-17,22,28,30H,8-9,14-15,18-20H2,1-7H3/t22-,28?/m0/s1. The summed E-state index contributed by atoms with van der Waals surface area (Å²) in [6.07, 6.45) is -6.10. The van der Waals surface area contributed by atoms with Crippen LogP contribution in [0.5, 0.6) is 5.75 Å². The van der Waals surface area contributed by atoms with Gasteiger partial charge in [-0.3, -0.25) is 14.4 Å². The molecule has 1 unspecified atom stereocenters. The molecule has 0 amide bonds. The van der Waals surface area contributed by atoms with Crippen molar-refractivity contribution in [3.63, 3.8) is 0 Å². The molecule has 4 rings (SSSR count). The summed E-state index contributed by atoms with van der Waals surface area (Å²) in [6, 6.07) is 8.12. The molecule has 1 aliphatic rings. The summed E-state index contributed by atoms with van der Waals surface area (Å²) in [5, 5.41) is 0.759. The second kappa shape index (κ2) is 14.8. The number of esters is 1. The molecule has 1 aromatic heterocycles. The normalized spacial score (nSPS) is 17.1. The van der Waals surface area contributed by atoms with Crippen LogP contribution >= 0.6 is 0 Å². The second-order valence-electron chi connectivity index (χ2n) is 13.3. The van der Waals surface area contributed by atoms with Crippen LogP contribution in [-0.2, 0) is 22.4 Å². The third-order valence-corrected chi connectivity index (χ3v) is 8.70. The minimum Gasteiger partial charge on any atom is -0.496 e. The molecule has 0 spiro atoms. The number of methoxy groups -OCH3 is 2. The first kappa shape index (κ1) is 37.1. The van der Waals surface area contributed by atoms with E-state index in [1.807, 2.05) is 19.1 Å². The van der Waals surface area contributed by atoms with Crippen LogP contribution in [0.1, 0.15) is 72.8 Å². The van der Waals surface area contributed by atoms with Gasteiger partial charge in [-0.15, -0.1) is 0 Å². The summed E-state index contributed by atoms with van der Waals surface area (Å²) in [4.78, 5) is 29.5. The molecule has 1 fully saturated rings. The molecular weight excluding hydrogens is 637 g/mol. The first-order chi connectivity index (χ1) is 22.4. The molecule has 13 heteroatoms. The molecule has 2 atom stereocenters. The largest absolute Gasteiger partial charge is 0.496 e. The van der Waals surface area contributed by atoms with Crippen LogP contribution < -0.4 is 4.74 Å². The van der Waals surface area contributed by atoms with Crippen LogP contribution in [0.3, 0.4) is 0 Å². The first-order valence-electron chi connectivity index (χ1n) is 15.9. The van der Waals surface area contributed by atoms with Gasteiger partial charge >= 0.3 is 18.2 Å². The Morgan fingerprint density at radius 2 is 1.75 bits per heavy atom. The van der Waals surface area contributed by atoms with Gasteiger partial charge in [0, 0.05) is 49.4 Å². The van der Waals surface area contributed by atoms with Gasteiger partial charge in [0.05, 0.1) is 37.8 Å². The highest BCUT2D eigenvalue weighted by Crippen LogP contribution is 2.37. The highest BCUT2D eigenvalue weighted by atomic mass is 19.4. The van der Waals surface area contributed by atoms with Crippen molar-refractivity contribution in [2.75, 3.05) is 40.4 Å². The van der Waals surface area contributed by atoms with E-state index >= 15 is 0 Å². The molecule has 2 heterocycles. The lowest BCUT2D eigenvalue weighted by atomic mass is 9.92. The Balaban J connectivity index is 1.77. The lowest BCUT2D eigenvalue weighted by Crippen LogP contribution is -2.49. The predicted molar refractivity (Wildman–Crippen MR) is 172 cm³/mol. The number of halogens is 5. The summed E-state index contributed by atoms with van der Waals surface area (Å²) in [7, 11) is 2.75. The van der Waals surface area contributed by atoms with Crippen molar-refractivity contribution in [2.45, 2.75) is 78.2 Å². The topological polar surface area (TPSA) is 73.2 Å². The number of fused-ring (bicyclic) bond motifs is 1.